The summed E-state index contributed by atoms with van der Waals surface area (Å²) in [6, 6.07) is 15.0. The molecular formula is C20H22N2O2S. The van der Waals surface area contributed by atoms with Gasteiger partial charge in [0, 0.05) is 6.54 Å². The van der Waals surface area contributed by atoms with E-state index in [0.29, 0.717) is 17.7 Å². The van der Waals surface area contributed by atoms with Gasteiger partial charge in [0.05, 0.1) is 23.4 Å². The smallest absolute Gasteiger partial charge is 0.212 e. The third-order valence-corrected chi connectivity index (χ3v) is 6.61. The second kappa shape index (κ2) is 6.99. The minimum absolute atomic E-state index is 0.0656. The first-order valence-corrected chi connectivity index (χ1v) is 10.1. The van der Waals surface area contributed by atoms with Gasteiger partial charge in [0.25, 0.3) is 0 Å². The molecular weight excluding hydrogens is 332 g/mol. The van der Waals surface area contributed by atoms with Gasteiger partial charge in [-0.1, -0.05) is 35.9 Å². The molecule has 1 saturated heterocycles. The third kappa shape index (κ3) is 3.76. The molecule has 130 valence electrons. The van der Waals surface area contributed by atoms with Crippen molar-refractivity contribution in [3.63, 3.8) is 0 Å². The summed E-state index contributed by atoms with van der Waals surface area (Å²) in [6.07, 6.45) is 1.72. The van der Waals surface area contributed by atoms with Crippen molar-refractivity contribution >= 4 is 10.0 Å². The van der Waals surface area contributed by atoms with Gasteiger partial charge in [0.1, 0.15) is 0 Å². The first-order valence-electron chi connectivity index (χ1n) is 8.46. The molecule has 0 N–H and O–H groups in total. The van der Waals surface area contributed by atoms with Gasteiger partial charge in [0.15, 0.2) is 0 Å². The van der Waals surface area contributed by atoms with Crippen LogP contribution < -0.4 is 0 Å². The maximum atomic E-state index is 13.0. The summed E-state index contributed by atoms with van der Waals surface area (Å²) in [5, 5.41) is 9.01. The maximum Gasteiger partial charge on any atom is 0.218 e. The highest BCUT2D eigenvalue weighted by atomic mass is 32.2. The molecule has 1 unspecified atom stereocenters. The van der Waals surface area contributed by atoms with E-state index in [0.717, 1.165) is 29.5 Å². The summed E-state index contributed by atoms with van der Waals surface area (Å²) < 4.78 is 27.7. The van der Waals surface area contributed by atoms with E-state index in [1.165, 1.54) is 0 Å². The molecule has 25 heavy (non-hydrogen) atoms. The Morgan fingerprint density at radius 2 is 2.00 bits per heavy atom. The van der Waals surface area contributed by atoms with E-state index < -0.39 is 10.0 Å². The molecule has 0 aliphatic carbocycles. The lowest BCUT2D eigenvalue weighted by Crippen LogP contribution is -2.32. The molecule has 5 heteroatoms. The molecule has 3 rings (SSSR count). The van der Waals surface area contributed by atoms with Crippen LogP contribution in [0.15, 0.2) is 42.5 Å². The lowest BCUT2D eigenvalue weighted by Gasteiger charge is -2.26. The van der Waals surface area contributed by atoms with Crippen LogP contribution in [0.4, 0.5) is 0 Å². The number of rotatable bonds is 4. The normalized spacial score (nSPS) is 18.2. The Morgan fingerprint density at radius 3 is 2.76 bits per heavy atom. The zero-order valence-corrected chi connectivity index (χ0v) is 15.4. The van der Waals surface area contributed by atoms with Crippen molar-refractivity contribution in [2.45, 2.75) is 38.5 Å². The van der Waals surface area contributed by atoms with Gasteiger partial charge < -0.3 is 0 Å². The van der Waals surface area contributed by atoms with Crippen LogP contribution in [-0.2, 0) is 15.8 Å². The summed E-state index contributed by atoms with van der Waals surface area (Å²) in [5.74, 6) is -0.0656. The monoisotopic (exact) mass is 354 g/mol. The average Bonchev–Trinajstić information content (AvgIpc) is 3.07. The summed E-state index contributed by atoms with van der Waals surface area (Å²) in [4.78, 5) is 0. The van der Waals surface area contributed by atoms with Gasteiger partial charge in [0.2, 0.25) is 10.0 Å². The van der Waals surface area contributed by atoms with Crippen molar-refractivity contribution in [2.75, 3.05) is 6.54 Å². The number of benzene rings is 2. The Kier molecular flexibility index (Phi) is 4.94. The number of hydrogen-bond donors (Lipinski definition) is 0. The van der Waals surface area contributed by atoms with Crippen LogP contribution in [0.3, 0.4) is 0 Å². The summed E-state index contributed by atoms with van der Waals surface area (Å²) in [6.45, 7) is 4.62. The molecule has 2 aromatic carbocycles. The number of aryl methyl sites for hydroxylation is 2. The SMILES string of the molecule is Cc1ccc(C)c(C2CCCN2S(=O)(=O)Cc2cccc(C#N)c2)c1. The van der Waals surface area contributed by atoms with E-state index in [1.807, 2.05) is 13.8 Å². The molecule has 0 radical (unpaired) electrons. The number of nitrogens with zero attached hydrogens (tertiary/aromatic N) is 2. The Hall–Kier alpha value is -2.16. The molecule has 1 heterocycles. The van der Waals surface area contributed by atoms with Crippen molar-refractivity contribution < 1.29 is 8.42 Å². The molecule has 1 fully saturated rings. The fourth-order valence-electron chi connectivity index (χ4n) is 3.53. The molecule has 0 aromatic heterocycles. The highest BCUT2D eigenvalue weighted by molar-refractivity contribution is 7.88. The molecule has 0 spiro atoms. The lowest BCUT2D eigenvalue weighted by atomic mass is 9.98. The zero-order valence-electron chi connectivity index (χ0n) is 14.6. The van der Waals surface area contributed by atoms with Crippen LogP contribution in [0.25, 0.3) is 0 Å². The van der Waals surface area contributed by atoms with Crippen molar-refractivity contribution in [1.82, 2.24) is 4.31 Å². The predicted molar refractivity (Wildman–Crippen MR) is 98.4 cm³/mol. The van der Waals surface area contributed by atoms with Crippen molar-refractivity contribution in [1.29, 1.82) is 5.26 Å². The molecule has 0 bridgehead atoms. The van der Waals surface area contributed by atoms with Gasteiger partial charge in [-0.25, -0.2) is 8.42 Å². The standard InChI is InChI=1S/C20H22N2O2S/c1-15-8-9-16(2)19(11-15)20-7-4-10-22(20)25(23,24)14-18-6-3-5-17(12-18)13-21/h3,5-6,8-9,11-12,20H,4,7,10,14H2,1-2H3. The Labute approximate surface area is 149 Å². The molecule has 4 nitrogen and oxygen atoms in total. The van der Waals surface area contributed by atoms with E-state index in [2.05, 4.69) is 24.3 Å². The van der Waals surface area contributed by atoms with E-state index in [9.17, 15) is 8.42 Å². The van der Waals surface area contributed by atoms with Gasteiger partial charge in [-0.15, -0.1) is 0 Å². The van der Waals surface area contributed by atoms with Crippen LogP contribution in [0.2, 0.25) is 0 Å². The molecule has 0 amide bonds. The van der Waals surface area contributed by atoms with Crippen LogP contribution >= 0.6 is 0 Å². The first kappa shape index (κ1) is 17.7. The fourth-order valence-corrected chi connectivity index (χ4v) is 5.31. The third-order valence-electron chi connectivity index (χ3n) is 4.76. The first-order chi connectivity index (χ1) is 11.9. The van der Waals surface area contributed by atoms with E-state index in [1.54, 1.807) is 28.6 Å². The molecule has 1 atom stereocenters. The second-order valence-electron chi connectivity index (χ2n) is 6.70. The van der Waals surface area contributed by atoms with Gasteiger partial charge in [-0.05, 0) is 55.5 Å². The van der Waals surface area contributed by atoms with Crippen LogP contribution in [0.5, 0.6) is 0 Å². The number of nitriles is 1. The van der Waals surface area contributed by atoms with Crippen LogP contribution in [0, 0.1) is 25.2 Å². The van der Waals surface area contributed by atoms with Crippen LogP contribution in [0.1, 0.15) is 46.7 Å². The van der Waals surface area contributed by atoms with Gasteiger partial charge in [-0.3, -0.25) is 0 Å². The second-order valence-corrected chi connectivity index (χ2v) is 8.62. The molecule has 2 aromatic rings. The molecule has 0 saturated carbocycles. The average molecular weight is 354 g/mol. The van der Waals surface area contributed by atoms with E-state index in [-0.39, 0.29) is 11.8 Å². The van der Waals surface area contributed by atoms with E-state index >= 15 is 0 Å². The Bertz CT molecular complexity index is 929. The fraction of sp³-hybridized carbons (Fsp3) is 0.350. The van der Waals surface area contributed by atoms with Gasteiger partial charge >= 0.3 is 0 Å². The van der Waals surface area contributed by atoms with Crippen molar-refractivity contribution in [3.05, 3.63) is 70.3 Å². The highest BCUT2D eigenvalue weighted by Crippen LogP contribution is 2.37. The quantitative estimate of drug-likeness (QED) is 0.838. The molecule has 1 aliphatic heterocycles. The zero-order chi connectivity index (χ0) is 18.0. The maximum absolute atomic E-state index is 13.0. The molecule has 1 aliphatic rings. The van der Waals surface area contributed by atoms with Crippen LogP contribution in [-0.4, -0.2) is 19.3 Å². The number of sulfonamides is 1. The lowest BCUT2D eigenvalue weighted by molar-refractivity contribution is 0.395. The van der Waals surface area contributed by atoms with Crippen molar-refractivity contribution in [3.8, 4) is 6.07 Å². The minimum atomic E-state index is -3.44. The summed E-state index contributed by atoms with van der Waals surface area (Å²) in [7, 11) is -3.44. The highest BCUT2D eigenvalue weighted by Gasteiger charge is 2.35. The Morgan fingerprint density at radius 1 is 1.20 bits per heavy atom. The summed E-state index contributed by atoms with van der Waals surface area (Å²) in [5.41, 5.74) is 4.52. The topological polar surface area (TPSA) is 61.2 Å². The van der Waals surface area contributed by atoms with E-state index in [4.69, 9.17) is 5.26 Å². The largest absolute Gasteiger partial charge is 0.218 e. The Balaban J connectivity index is 1.90. The minimum Gasteiger partial charge on any atom is -0.212 e. The van der Waals surface area contributed by atoms with Crippen molar-refractivity contribution in [2.24, 2.45) is 0 Å². The summed E-state index contributed by atoms with van der Waals surface area (Å²) >= 11 is 0. The van der Waals surface area contributed by atoms with Gasteiger partial charge in [-0.2, -0.15) is 9.57 Å². The number of hydrogen-bond acceptors (Lipinski definition) is 3. The predicted octanol–water partition coefficient (Wildman–Crippen LogP) is 3.84.